The molecule has 9 nitrogen and oxygen atoms in total. The lowest BCUT2D eigenvalue weighted by Gasteiger charge is -2.34. The predicted octanol–water partition coefficient (Wildman–Crippen LogP) is 3.77. The summed E-state index contributed by atoms with van der Waals surface area (Å²) in [4.78, 5) is 18.3. The number of alkyl halides is 3. The molecule has 35 heavy (non-hydrogen) atoms. The molecule has 1 saturated heterocycles. The Bertz CT molecular complexity index is 1410. The average molecular weight is 487 g/mol. The van der Waals surface area contributed by atoms with E-state index in [9.17, 15) is 18.0 Å². The Hall–Kier alpha value is -3.67. The number of rotatable bonds is 5. The van der Waals surface area contributed by atoms with Gasteiger partial charge in [0.2, 0.25) is 0 Å². The molecule has 1 unspecified atom stereocenters. The Morgan fingerprint density at radius 1 is 1.17 bits per heavy atom. The number of aromatic nitrogens is 5. The first-order chi connectivity index (χ1) is 16.8. The van der Waals surface area contributed by atoms with Crippen LogP contribution in [0.15, 0.2) is 39.5 Å². The van der Waals surface area contributed by atoms with E-state index in [0.29, 0.717) is 12.2 Å². The van der Waals surface area contributed by atoms with Gasteiger partial charge in [-0.15, -0.1) is 5.10 Å². The highest BCUT2D eigenvalue weighted by atomic mass is 19.4. The number of aryl methyl sites for hydroxylation is 1. The molecule has 1 aliphatic rings. The highest BCUT2D eigenvalue weighted by Gasteiger charge is 2.39. The molecule has 0 bridgehead atoms. The molecule has 0 amide bonds. The molecule has 1 atom stereocenters. The van der Waals surface area contributed by atoms with Crippen molar-refractivity contribution in [2.24, 2.45) is 5.73 Å². The van der Waals surface area contributed by atoms with Gasteiger partial charge in [-0.2, -0.15) is 22.8 Å². The number of H-pyrrole nitrogens is 1. The van der Waals surface area contributed by atoms with E-state index >= 15 is 0 Å². The Kier molecular flexibility index (Phi) is 5.83. The maximum absolute atomic E-state index is 13.9. The van der Waals surface area contributed by atoms with E-state index in [1.807, 2.05) is 4.90 Å². The van der Waals surface area contributed by atoms with Gasteiger partial charge in [0.25, 0.3) is 11.4 Å². The van der Waals surface area contributed by atoms with Gasteiger partial charge in [0.15, 0.2) is 5.69 Å². The zero-order chi connectivity index (χ0) is 24.7. The maximum Gasteiger partial charge on any atom is 0.435 e. The summed E-state index contributed by atoms with van der Waals surface area (Å²) in [5, 5.41) is 11.8. The van der Waals surface area contributed by atoms with E-state index in [1.165, 1.54) is 12.1 Å². The number of hydrogen-bond acceptors (Lipinski definition) is 7. The monoisotopic (exact) mass is 487 g/mol. The Morgan fingerprint density at radius 2 is 1.94 bits per heavy atom. The zero-order valence-corrected chi connectivity index (χ0v) is 19.0. The highest BCUT2D eigenvalue weighted by Crippen LogP contribution is 2.38. The average Bonchev–Trinajstić information content (AvgIpc) is 3.46. The summed E-state index contributed by atoms with van der Waals surface area (Å²) >= 11 is 0. The largest absolute Gasteiger partial charge is 0.435 e. The summed E-state index contributed by atoms with van der Waals surface area (Å²) in [7, 11) is 0. The van der Waals surface area contributed by atoms with E-state index < -0.39 is 17.4 Å². The summed E-state index contributed by atoms with van der Waals surface area (Å²) in [6, 6.07) is 8.43. The number of nitrogens with one attached hydrogen (secondary N) is 1. The van der Waals surface area contributed by atoms with Crippen LogP contribution in [0, 0.1) is 6.92 Å². The molecule has 184 valence electrons. The summed E-state index contributed by atoms with van der Waals surface area (Å²) in [5.41, 5.74) is 4.10. The normalized spacial score (nSPS) is 16.8. The molecule has 0 saturated carbocycles. The first-order valence-corrected chi connectivity index (χ1v) is 11.4. The van der Waals surface area contributed by atoms with Crippen LogP contribution in [0.1, 0.15) is 37.1 Å². The molecule has 4 aromatic rings. The number of anilines is 1. The molecule has 5 rings (SSSR count). The Balaban J connectivity index is 1.64. The summed E-state index contributed by atoms with van der Waals surface area (Å²) < 4.78 is 48.3. The number of piperidine rings is 1. The van der Waals surface area contributed by atoms with Crippen LogP contribution >= 0.6 is 0 Å². The van der Waals surface area contributed by atoms with Crippen molar-refractivity contribution in [1.29, 1.82) is 0 Å². The van der Waals surface area contributed by atoms with Gasteiger partial charge in [-0.1, -0.05) is 35.4 Å². The third-order valence-electron chi connectivity index (χ3n) is 6.30. The van der Waals surface area contributed by atoms with Crippen molar-refractivity contribution >= 4 is 11.7 Å². The van der Waals surface area contributed by atoms with Gasteiger partial charge >= 0.3 is 12.2 Å². The fraction of sp³-hybridized carbons (Fsp3) is 0.391. The van der Waals surface area contributed by atoms with Crippen molar-refractivity contribution in [3.8, 4) is 22.6 Å². The maximum atomic E-state index is 13.9. The fourth-order valence-electron chi connectivity index (χ4n) is 4.69. The third kappa shape index (κ3) is 4.07. The van der Waals surface area contributed by atoms with Gasteiger partial charge in [0.1, 0.15) is 11.2 Å². The number of aromatic amines is 1. The van der Waals surface area contributed by atoms with Crippen LogP contribution in [-0.4, -0.2) is 43.9 Å². The molecular formula is C23H24F3N7O2. The fourth-order valence-corrected chi connectivity index (χ4v) is 4.69. The summed E-state index contributed by atoms with van der Waals surface area (Å²) in [5.74, 6) is -0.0805. The number of benzene rings is 1. The van der Waals surface area contributed by atoms with Crippen LogP contribution in [0.2, 0.25) is 0 Å². The quantitative estimate of drug-likeness (QED) is 0.440. The molecule has 3 N–H and O–H groups in total. The summed E-state index contributed by atoms with van der Waals surface area (Å²) in [6.07, 6.45) is -1.03. The SMILES string of the molecule is Cc1[nH]c2c(-c3ccccc3)c(C(F)(F)F)nn2c(=O)c1-c1nnc(N2CCCCC2CCN)o1. The van der Waals surface area contributed by atoms with Crippen LogP contribution in [0.4, 0.5) is 19.2 Å². The van der Waals surface area contributed by atoms with E-state index in [1.54, 1.807) is 25.1 Å². The van der Waals surface area contributed by atoms with E-state index in [4.69, 9.17) is 10.2 Å². The number of hydrogen-bond donors (Lipinski definition) is 2. The van der Waals surface area contributed by atoms with Gasteiger partial charge in [-0.05, 0) is 44.7 Å². The van der Waals surface area contributed by atoms with Crippen molar-refractivity contribution < 1.29 is 17.6 Å². The van der Waals surface area contributed by atoms with Gasteiger partial charge in [0.05, 0.1) is 5.56 Å². The van der Waals surface area contributed by atoms with Gasteiger partial charge in [-0.3, -0.25) is 4.79 Å². The molecule has 1 fully saturated rings. The molecule has 4 heterocycles. The topological polar surface area (TPSA) is 118 Å². The van der Waals surface area contributed by atoms with Crippen molar-refractivity contribution in [2.75, 3.05) is 18.0 Å². The van der Waals surface area contributed by atoms with E-state index in [2.05, 4.69) is 20.3 Å². The second-order valence-electron chi connectivity index (χ2n) is 8.59. The number of nitrogens with zero attached hydrogens (tertiary/aromatic N) is 5. The van der Waals surface area contributed by atoms with Gasteiger partial charge in [0, 0.05) is 18.3 Å². The van der Waals surface area contributed by atoms with Crippen molar-refractivity contribution in [1.82, 2.24) is 24.8 Å². The predicted molar refractivity (Wildman–Crippen MR) is 123 cm³/mol. The van der Waals surface area contributed by atoms with Crippen LogP contribution in [-0.2, 0) is 6.18 Å². The van der Waals surface area contributed by atoms with Crippen molar-refractivity contribution in [2.45, 2.75) is 44.8 Å². The minimum atomic E-state index is -4.77. The van der Waals surface area contributed by atoms with Crippen molar-refractivity contribution in [3.05, 3.63) is 52.1 Å². The zero-order valence-electron chi connectivity index (χ0n) is 19.0. The Labute approximate surface area is 197 Å². The third-order valence-corrected chi connectivity index (χ3v) is 6.30. The van der Waals surface area contributed by atoms with Crippen LogP contribution in [0.3, 0.4) is 0 Å². The first kappa shape index (κ1) is 23.1. The molecular weight excluding hydrogens is 463 g/mol. The minimum Gasteiger partial charge on any atom is -0.403 e. The van der Waals surface area contributed by atoms with E-state index in [-0.39, 0.29) is 40.3 Å². The Morgan fingerprint density at radius 3 is 2.66 bits per heavy atom. The molecule has 0 aliphatic carbocycles. The molecule has 0 radical (unpaired) electrons. The van der Waals surface area contributed by atoms with Crippen LogP contribution in [0.5, 0.6) is 0 Å². The van der Waals surface area contributed by atoms with Gasteiger partial charge in [-0.25, -0.2) is 0 Å². The van der Waals surface area contributed by atoms with E-state index in [0.717, 1.165) is 36.7 Å². The second-order valence-corrected chi connectivity index (χ2v) is 8.59. The standard InChI is InChI=1S/C23H24F3N7O2/c1-13-16(20-29-30-22(35-20)32-12-6-5-9-15(32)10-11-27)21(34)33-19(28-13)17(14-7-3-2-4-8-14)18(31-33)23(24,25)26/h2-4,7-8,15,28H,5-6,9-12,27H2,1H3. The molecule has 12 heteroatoms. The minimum absolute atomic E-state index is 0.0283. The lowest BCUT2D eigenvalue weighted by Crippen LogP contribution is -2.41. The first-order valence-electron chi connectivity index (χ1n) is 11.4. The number of halogens is 3. The van der Waals surface area contributed by atoms with Gasteiger partial charge < -0.3 is 20.0 Å². The molecule has 1 aliphatic heterocycles. The lowest BCUT2D eigenvalue weighted by molar-refractivity contribution is -0.140. The molecule has 3 aromatic heterocycles. The summed E-state index contributed by atoms with van der Waals surface area (Å²) in [6.45, 7) is 2.81. The van der Waals surface area contributed by atoms with Crippen LogP contribution in [0.25, 0.3) is 28.2 Å². The smallest absolute Gasteiger partial charge is 0.403 e. The van der Waals surface area contributed by atoms with Crippen molar-refractivity contribution in [3.63, 3.8) is 0 Å². The number of nitrogens with two attached hydrogens (primary N) is 1. The second kappa shape index (κ2) is 8.84. The molecule has 1 aromatic carbocycles. The van der Waals surface area contributed by atoms with Crippen LogP contribution < -0.4 is 16.2 Å². The number of fused-ring (bicyclic) bond motifs is 1. The lowest BCUT2D eigenvalue weighted by atomic mass is 10.00. The molecule has 0 spiro atoms. The highest BCUT2D eigenvalue weighted by molar-refractivity contribution is 5.81.